The quantitative estimate of drug-likeness (QED) is 0.788. The van der Waals surface area contributed by atoms with Gasteiger partial charge in [0.1, 0.15) is 6.61 Å². The van der Waals surface area contributed by atoms with E-state index in [0.717, 1.165) is 12.8 Å². The molecule has 1 amide bonds. The minimum atomic E-state index is -4.29. The molecule has 0 aromatic rings. The second-order valence-electron chi connectivity index (χ2n) is 5.51. The zero-order valence-electron chi connectivity index (χ0n) is 11.9. The van der Waals surface area contributed by atoms with Crippen LogP contribution in [0.4, 0.5) is 13.2 Å². The van der Waals surface area contributed by atoms with Crippen molar-refractivity contribution < 1.29 is 22.7 Å². The molecule has 118 valence electrons. The summed E-state index contributed by atoms with van der Waals surface area (Å²) in [5.41, 5.74) is 0. The standard InChI is InChI=1S/C13H23F3N2O2/c1-9(2)17-7-12(19)18-10-4-3-5-11(6-10)20-8-13(14,15)16/h9-11,17H,3-8H2,1-2H3,(H,18,19). The van der Waals surface area contributed by atoms with Crippen molar-refractivity contribution in [1.82, 2.24) is 10.6 Å². The summed E-state index contributed by atoms with van der Waals surface area (Å²) < 4.78 is 41.1. The monoisotopic (exact) mass is 296 g/mol. The summed E-state index contributed by atoms with van der Waals surface area (Å²) in [5, 5.41) is 5.84. The Morgan fingerprint density at radius 3 is 2.65 bits per heavy atom. The normalized spacial score (nSPS) is 23.9. The maximum absolute atomic E-state index is 12.1. The lowest BCUT2D eigenvalue weighted by molar-refractivity contribution is -0.188. The van der Waals surface area contributed by atoms with Crippen LogP contribution in [0.25, 0.3) is 0 Å². The molecule has 0 saturated heterocycles. The molecule has 1 aliphatic rings. The highest BCUT2D eigenvalue weighted by atomic mass is 19.4. The lowest BCUT2D eigenvalue weighted by Gasteiger charge is -2.30. The van der Waals surface area contributed by atoms with Crippen molar-refractivity contribution in [3.8, 4) is 0 Å². The number of carbonyl (C=O) groups is 1. The van der Waals surface area contributed by atoms with Crippen molar-refractivity contribution in [1.29, 1.82) is 0 Å². The number of amides is 1. The molecule has 1 fully saturated rings. The van der Waals surface area contributed by atoms with E-state index in [9.17, 15) is 18.0 Å². The number of hydrogen-bond donors (Lipinski definition) is 2. The van der Waals surface area contributed by atoms with E-state index in [2.05, 4.69) is 10.6 Å². The zero-order valence-corrected chi connectivity index (χ0v) is 11.9. The Labute approximate surface area is 117 Å². The van der Waals surface area contributed by atoms with Gasteiger partial charge in [-0.1, -0.05) is 13.8 Å². The predicted molar refractivity (Wildman–Crippen MR) is 69.3 cm³/mol. The highest BCUT2D eigenvalue weighted by molar-refractivity contribution is 5.78. The predicted octanol–water partition coefficient (Wildman–Crippen LogP) is 1.99. The number of carbonyl (C=O) groups excluding carboxylic acids is 1. The van der Waals surface area contributed by atoms with Crippen molar-refractivity contribution in [3.05, 3.63) is 0 Å². The van der Waals surface area contributed by atoms with Crippen molar-refractivity contribution in [2.75, 3.05) is 13.2 Å². The lowest BCUT2D eigenvalue weighted by Crippen LogP contribution is -2.45. The molecule has 0 heterocycles. The van der Waals surface area contributed by atoms with E-state index in [1.54, 1.807) is 0 Å². The Morgan fingerprint density at radius 1 is 1.35 bits per heavy atom. The highest BCUT2D eigenvalue weighted by Gasteiger charge is 2.31. The van der Waals surface area contributed by atoms with E-state index in [4.69, 9.17) is 4.74 Å². The third-order valence-corrected chi connectivity index (χ3v) is 3.14. The third-order valence-electron chi connectivity index (χ3n) is 3.14. The van der Waals surface area contributed by atoms with Crippen LogP contribution < -0.4 is 10.6 Å². The molecule has 0 spiro atoms. The Morgan fingerprint density at radius 2 is 2.05 bits per heavy atom. The summed E-state index contributed by atoms with van der Waals surface area (Å²) in [5.74, 6) is -0.125. The van der Waals surface area contributed by atoms with Gasteiger partial charge in [0.05, 0.1) is 12.6 Å². The molecule has 2 unspecified atom stereocenters. The van der Waals surface area contributed by atoms with Gasteiger partial charge >= 0.3 is 6.18 Å². The molecular formula is C13H23F3N2O2. The van der Waals surface area contributed by atoms with Crippen LogP contribution in [0.3, 0.4) is 0 Å². The van der Waals surface area contributed by atoms with E-state index in [0.29, 0.717) is 12.8 Å². The number of ether oxygens (including phenoxy) is 1. The summed E-state index contributed by atoms with van der Waals surface area (Å²) in [6.45, 7) is 2.89. The van der Waals surface area contributed by atoms with Gasteiger partial charge < -0.3 is 15.4 Å². The average Bonchev–Trinajstić information content (AvgIpc) is 2.34. The molecule has 1 rings (SSSR count). The molecule has 20 heavy (non-hydrogen) atoms. The maximum atomic E-state index is 12.1. The average molecular weight is 296 g/mol. The molecule has 4 nitrogen and oxygen atoms in total. The van der Waals surface area contributed by atoms with Gasteiger partial charge in [-0.3, -0.25) is 4.79 Å². The Balaban J connectivity index is 2.28. The summed E-state index contributed by atoms with van der Waals surface area (Å²) in [6.07, 6.45) is -2.09. The van der Waals surface area contributed by atoms with Gasteiger partial charge in [-0.15, -0.1) is 0 Å². The van der Waals surface area contributed by atoms with Gasteiger partial charge in [0.25, 0.3) is 0 Å². The Bertz CT molecular complexity index is 308. The molecule has 0 aliphatic heterocycles. The van der Waals surface area contributed by atoms with Gasteiger partial charge in [-0.05, 0) is 25.7 Å². The van der Waals surface area contributed by atoms with Crippen molar-refractivity contribution >= 4 is 5.91 Å². The van der Waals surface area contributed by atoms with Crippen LogP contribution >= 0.6 is 0 Å². The fourth-order valence-corrected chi connectivity index (χ4v) is 2.22. The number of alkyl halides is 3. The minimum Gasteiger partial charge on any atom is -0.369 e. The second-order valence-corrected chi connectivity index (χ2v) is 5.51. The van der Waals surface area contributed by atoms with Gasteiger partial charge in [0.2, 0.25) is 5.91 Å². The second kappa shape index (κ2) is 7.83. The van der Waals surface area contributed by atoms with E-state index in [1.807, 2.05) is 13.8 Å². The first kappa shape index (κ1) is 17.2. The molecule has 0 aromatic carbocycles. The molecule has 2 atom stereocenters. The molecule has 0 radical (unpaired) electrons. The smallest absolute Gasteiger partial charge is 0.369 e. The van der Waals surface area contributed by atoms with E-state index < -0.39 is 18.9 Å². The SMILES string of the molecule is CC(C)NCC(=O)NC1CCCC(OCC(F)(F)F)C1. The van der Waals surface area contributed by atoms with Crippen molar-refractivity contribution in [2.45, 2.75) is 63.9 Å². The first-order valence-electron chi connectivity index (χ1n) is 6.97. The highest BCUT2D eigenvalue weighted by Crippen LogP contribution is 2.24. The van der Waals surface area contributed by atoms with Gasteiger partial charge in [0.15, 0.2) is 0 Å². The summed E-state index contributed by atoms with van der Waals surface area (Å²) in [4.78, 5) is 11.6. The lowest BCUT2D eigenvalue weighted by atomic mass is 9.93. The molecule has 7 heteroatoms. The van der Waals surface area contributed by atoms with Crippen molar-refractivity contribution in [3.63, 3.8) is 0 Å². The minimum absolute atomic E-state index is 0.0940. The molecular weight excluding hydrogens is 273 g/mol. The topological polar surface area (TPSA) is 50.4 Å². The Kier molecular flexibility index (Phi) is 6.75. The summed E-state index contributed by atoms with van der Waals surface area (Å²) >= 11 is 0. The van der Waals surface area contributed by atoms with Crippen LogP contribution in [0.15, 0.2) is 0 Å². The summed E-state index contributed by atoms with van der Waals surface area (Å²) in [7, 11) is 0. The van der Waals surface area contributed by atoms with Gasteiger partial charge in [-0.25, -0.2) is 0 Å². The molecule has 1 aliphatic carbocycles. The molecule has 0 bridgehead atoms. The van der Waals surface area contributed by atoms with Crippen LogP contribution in [-0.2, 0) is 9.53 Å². The largest absolute Gasteiger partial charge is 0.411 e. The van der Waals surface area contributed by atoms with Crippen molar-refractivity contribution in [2.24, 2.45) is 0 Å². The molecule has 2 N–H and O–H groups in total. The van der Waals surface area contributed by atoms with Crippen LogP contribution in [0.1, 0.15) is 39.5 Å². The number of hydrogen-bond acceptors (Lipinski definition) is 3. The van der Waals surface area contributed by atoms with Crippen LogP contribution in [0.2, 0.25) is 0 Å². The fourth-order valence-electron chi connectivity index (χ4n) is 2.22. The third kappa shape index (κ3) is 7.69. The number of halogens is 3. The first-order chi connectivity index (χ1) is 9.26. The number of rotatable bonds is 6. The van der Waals surface area contributed by atoms with Gasteiger partial charge in [0, 0.05) is 12.1 Å². The fraction of sp³-hybridized carbons (Fsp3) is 0.923. The van der Waals surface area contributed by atoms with Crippen LogP contribution in [0, 0.1) is 0 Å². The molecule has 0 aromatic heterocycles. The van der Waals surface area contributed by atoms with Crippen LogP contribution in [0.5, 0.6) is 0 Å². The first-order valence-corrected chi connectivity index (χ1v) is 6.97. The number of nitrogens with one attached hydrogen (secondary N) is 2. The van der Waals surface area contributed by atoms with Gasteiger partial charge in [-0.2, -0.15) is 13.2 Å². The molecule has 1 saturated carbocycles. The maximum Gasteiger partial charge on any atom is 0.411 e. The summed E-state index contributed by atoms with van der Waals surface area (Å²) in [6, 6.07) is 0.124. The van der Waals surface area contributed by atoms with E-state index >= 15 is 0 Å². The zero-order chi connectivity index (χ0) is 15.2. The van der Waals surface area contributed by atoms with Crippen LogP contribution in [-0.4, -0.2) is 43.4 Å². The van der Waals surface area contributed by atoms with E-state index in [1.165, 1.54) is 0 Å². The Hall–Kier alpha value is -0.820. The van der Waals surface area contributed by atoms with E-state index in [-0.39, 0.29) is 24.5 Å².